The molecule has 3 amide bonds. The van der Waals surface area contributed by atoms with Gasteiger partial charge in [-0.05, 0) is 125 Å². The van der Waals surface area contributed by atoms with Crippen LogP contribution in [0.25, 0.3) is 32.9 Å². The van der Waals surface area contributed by atoms with Crippen LogP contribution in [0, 0.1) is 11.8 Å². The van der Waals surface area contributed by atoms with E-state index < -0.39 is 19.4 Å². The fourth-order valence-electron chi connectivity index (χ4n) is 7.03. The maximum atomic E-state index is 13.3. The molecule has 3 unspecified atom stereocenters. The quantitative estimate of drug-likeness (QED) is 0.214. The number of carbonyl (C=O) groups is 3. The number of nitrogens with one attached hydrogen (secondary N) is 2. The minimum atomic E-state index is -2.38. The lowest BCUT2D eigenvalue weighted by Crippen LogP contribution is -2.60. The highest BCUT2D eigenvalue weighted by atomic mass is 28.3. The number of likely N-dealkylation sites (tertiary alicyclic amines) is 1. The molecule has 0 bridgehead atoms. The molecule has 3 aromatic carbocycles. The van der Waals surface area contributed by atoms with E-state index in [1.54, 1.807) is 4.90 Å². The number of nitrogens with zero attached hydrogens (tertiary/aromatic N) is 3. The topological polar surface area (TPSA) is 117 Å². The van der Waals surface area contributed by atoms with Gasteiger partial charge in [-0.25, -0.2) is 14.6 Å². The molecular weight excluding hydrogens is 635 g/mol. The predicted octanol–water partition coefficient (Wildman–Crippen LogP) is 7.64. The van der Waals surface area contributed by atoms with Crippen LogP contribution in [0.2, 0.25) is 12.6 Å². The Morgan fingerprint density at radius 1 is 0.878 bits per heavy atom. The summed E-state index contributed by atoms with van der Waals surface area (Å²) in [6.07, 6.45) is 0.956. The second kappa shape index (κ2) is 12.8. The number of anilines is 1. The van der Waals surface area contributed by atoms with Crippen LogP contribution in [0.1, 0.15) is 61.3 Å². The largest absolute Gasteiger partial charge is 0.444 e. The first-order chi connectivity index (χ1) is 23.0. The second-order valence-electron chi connectivity index (χ2n) is 15.9. The summed E-state index contributed by atoms with van der Waals surface area (Å²) in [5, 5.41) is 5.22. The Labute approximate surface area is 289 Å². The van der Waals surface area contributed by atoms with Gasteiger partial charge in [0.1, 0.15) is 16.6 Å². The number of hydrogen-bond acceptors (Lipinski definition) is 6. The fourth-order valence-corrected chi connectivity index (χ4v) is 10.5. The molecule has 0 radical (unpaired) electrons. The zero-order valence-electron chi connectivity index (χ0n) is 30.0. The summed E-state index contributed by atoms with van der Waals surface area (Å²) in [6, 6.07) is 19.5. The molecule has 11 heteroatoms. The summed E-state index contributed by atoms with van der Waals surface area (Å²) < 4.78 is 13.2. The molecular formula is C38H49N5O5Si. The van der Waals surface area contributed by atoms with E-state index in [9.17, 15) is 14.4 Å². The Hall–Kier alpha value is -4.38. The first-order valence-corrected chi connectivity index (χ1v) is 20.0. The highest BCUT2D eigenvalue weighted by Crippen LogP contribution is 2.32. The molecule has 49 heavy (non-hydrogen) atoms. The van der Waals surface area contributed by atoms with Crippen molar-refractivity contribution >= 4 is 59.3 Å². The number of benzene rings is 3. The van der Waals surface area contributed by atoms with E-state index in [2.05, 4.69) is 47.2 Å². The van der Waals surface area contributed by atoms with E-state index in [1.807, 2.05) is 77.3 Å². The summed E-state index contributed by atoms with van der Waals surface area (Å²) in [5.74, 6) is -0.197. The van der Waals surface area contributed by atoms with Crippen molar-refractivity contribution in [2.75, 3.05) is 25.0 Å². The molecule has 2 saturated heterocycles. The van der Waals surface area contributed by atoms with Gasteiger partial charge in [-0.15, -0.1) is 0 Å². The average molecular weight is 684 g/mol. The van der Waals surface area contributed by atoms with Gasteiger partial charge in [-0.1, -0.05) is 31.2 Å². The number of imidazole rings is 1. The van der Waals surface area contributed by atoms with E-state index in [0.717, 1.165) is 56.5 Å². The lowest BCUT2D eigenvalue weighted by molar-refractivity contribution is -0.123. The normalized spacial score (nSPS) is 21.6. The molecule has 6 rings (SSSR count). The first-order valence-electron chi connectivity index (χ1n) is 17.3. The summed E-state index contributed by atoms with van der Waals surface area (Å²) in [5.41, 5.74) is 4.53. The van der Waals surface area contributed by atoms with Gasteiger partial charge in [-0.2, -0.15) is 0 Å². The monoisotopic (exact) mass is 683 g/mol. The van der Waals surface area contributed by atoms with Gasteiger partial charge < -0.3 is 29.2 Å². The maximum Gasteiger partial charge on any atom is 0.410 e. The van der Waals surface area contributed by atoms with Crippen molar-refractivity contribution in [1.29, 1.82) is 0 Å². The molecule has 0 spiro atoms. The first kappa shape index (κ1) is 34.5. The number of aromatic amines is 1. The third-order valence-electron chi connectivity index (χ3n) is 9.58. The van der Waals surface area contributed by atoms with Crippen LogP contribution in [0.3, 0.4) is 0 Å². The SMILES string of the molecule is CC1CN(C(=O)OC(C)(C)C)CCC1C(=O)Nc1ccc2cc(-c3ccc4nc([Si]5(C)CCCN5C(=O)OC(C)(C)C)[nH]c4c3)ccc2c1. The van der Waals surface area contributed by atoms with E-state index >= 15 is 0 Å². The van der Waals surface area contributed by atoms with Gasteiger partial charge in [0.05, 0.1) is 11.0 Å². The Morgan fingerprint density at radius 3 is 2.24 bits per heavy atom. The fraction of sp³-hybridized carbons (Fsp3) is 0.474. The molecule has 1 aromatic heterocycles. The summed E-state index contributed by atoms with van der Waals surface area (Å²) >= 11 is 0. The second-order valence-corrected chi connectivity index (χ2v) is 20.0. The standard InChI is InChI=1S/C38H49N5O5Si/c1-24-23-42(35(45)47-37(2,3)4)18-16-30(24)33(44)39-29-14-12-26-20-25(10-11-27(26)21-29)28-13-15-31-32(22-28)41-34(40-31)49(8)19-9-17-43(49)36(46)48-38(5,6)7/h10-15,20-22,24,30H,9,16-19,23H2,1-8H3,(H,39,44)(H,40,41). The molecule has 2 aliphatic rings. The summed E-state index contributed by atoms with van der Waals surface area (Å²) in [6.45, 7) is 17.1. The molecule has 260 valence electrons. The number of rotatable bonds is 4. The van der Waals surface area contributed by atoms with Crippen molar-refractivity contribution < 1.29 is 23.9 Å². The smallest absolute Gasteiger partial charge is 0.410 e. The van der Waals surface area contributed by atoms with Crippen LogP contribution in [0.5, 0.6) is 0 Å². The van der Waals surface area contributed by atoms with Crippen molar-refractivity contribution in [1.82, 2.24) is 19.4 Å². The van der Waals surface area contributed by atoms with Crippen LogP contribution in [0.4, 0.5) is 15.3 Å². The number of fused-ring (bicyclic) bond motifs is 2. The van der Waals surface area contributed by atoms with Gasteiger partial charge in [0.2, 0.25) is 14.1 Å². The minimum Gasteiger partial charge on any atom is -0.444 e. The van der Waals surface area contributed by atoms with Crippen molar-refractivity contribution in [3.8, 4) is 11.1 Å². The Balaban J connectivity index is 1.14. The van der Waals surface area contributed by atoms with Crippen LogP contribution >= 0.6 is 0 Å². The molecule has 2 aliphatic heterocycles. The molecule has 2 fully saturated rings. The maximum absolute atomic E-state index is 13.3. The number of H-pyrrole nitrogens is 1. The highest BCUT2D eigenvalue weighted by Gasteiger charge is 2.48. The molecule has 2 N–H and O–H groups in total. The van der Waals surface area contributed by atoms with Gasteiger partial charge in [-0.3, -0.25) is 4.79 Å². The zero-order valence-corrected chi connectivity index (χ0v) is 31.0. The number of carbonyl (C=O) groups excluding carboxylic acids is 3. The highest BCUT2D eigenvalue weighted by molar-refractivity contribution is 6.89. The number of amides is 3. The van der Waals surface area contributed by atoms with Gasteiger partial charge in [0.25, 0.3) is 0 Å². The van der Waals surface area contributed by atoms with E-state index in [-0.39, 0.29) is 29.9 Å². The Kier molecular flexibility index (Phi) is 9.02. The number of hydrogen-bond donors (Lipinski definition) is 2. The third-order valence-corrected chi connectivity index (χ3v) is 13.8. The van der Waals surface area contributed by atoms with Crippen molar-refractivity contribution in [2.45, 2.75) is 85.1 Å². The Bertz CT molecular complexity index is 1910. The summed E-state index contributed by atoms with van der Waals surface area (Å²) in [7, 11) is -2.38. The minimum absolute atomic E-state index is 0.0138. The Morgan fingerprint density at radius 2 is 1.53 bits per heavy atom. The summed E-state index contributed by atoms with van der Waals surface area (Å²) in [4.78, 5) is 49.2. The molecule has 3 heterocycles. The predicted molar refractivity (Wildman–Crippen MR) is 196 cm³/mol. The molecule has 4 aromatic rings. The van der Waals surface area contributed by atoms with Crippen molar-refractivity contribution in [3.05, 3.63) is 54.6 Å². The van der Waals surface area contributed by atoms with Gasteiger partial charge >= 0.3 is 12.2 Å². The number of piperidine rings is 1. The van der Waals surface area contributed by atoms with E-state index in [0.29, 0.717) is 26.1 Å². The lowest BCUT2D eigenvalue weighted by atomic mass is 9.86. The molecule has 10 nitrogen and oxygen atoms in total. The number of aromatic nitrogens is 2. The van der Waals surface area contributed by atoms with Crippen LogP contribution in [-0.2, 0) is 14.3 Å². The van der Waals surface area contributed by atoms with Crippen molar-refractivity contribution in [3.63, 3.8) is 0 Å². The third kappa shape index (κ3) is 7.46. The zero-order chi connectivity index (χ0) is 35.3. The molecule has 0 saturated carbocycles. The van der Waals surface area contributed by atoms with Crippen molar-refractivity contribution in [2.24, 2.45) is 11.8 Å². The van der Waals surface area contributed by atoms with Crippen LogP contribution < -0.4 is 10.8 Å². The van der Waals surface area contributed by atoms with Gasteiger partial charge in [0.15, 0.2) is 0 Å². The van der Waals surface area contributed by atoms with Crippen LogP contribution in [-0.4, -0.2) is 76.6 Å². The molecule has 3 atom stereocenters. The van der Waals surface area contributed by atoms with Gasteiger partial charge in [0, 0.05) is 31.2 Å². The van der Waals surface area contributed by atoms with E-state index in [1.165, 1.54) is 0 Å². The lowest BCUT2D eigenvalue weighted by Gasteiger charge is -2.36. The van der Waals surface area contributed by atoms with Crippen LogP contribution in [0.15, 0.2) is 54.6 Å². The number of ether oxygens (including phenoxy) is 2. The average Bonchev–Trinajstić information content (AvgIpc) is 3.63. The van der Waals surface area contributed by atoms with E-state index in [4.69, 9.17) is 14.5 Å². The molecule has 0 aliphatic carbocycles.